The Bertz CT molecular complexity index is 659. The molecule has 0 radical (unpaired) electrons. The Morgan fingerprint density at radius 1 is 1.17 bits per heavy atom. The van der Waals surface area contributed by atoms with E-state index in [9.17, 15) is 13.6 Å². The van der Waals surface area contributed by atoms with Crippen LogP contribution < -0.4 is 10.4 Å². The van der Waals surface area contributed by atoms with Gasteiger partial charge in [-0.05, 0) is 39.2 Å². The number of hydrogen-bond donors (Lipinski definition) is 0. The first kappa shape index (κ1) is 16.4. The SMILES string of the molecule is CC(=O)N1CC(F)(F)c2c(B3OC(C)(C)C(C)(C)O3)cccc21. The minimum atomic E-state index is -3.12. The molecule has 2 aliphatic heterocycles. The summed E-state index contributed by atoms with van der Waals surface area (Å²) in [5.74, 6) is -3.53. The van der Waals surface area contributed by atoms with Crippen LogP contribution in [0.4, 0.5) is 14.5 Å². The van der Waals surface area contributed by atoms with Gasteiger partial charge in [0.1, 0.15) is 0 Å². The highest BCUT2D eigenvalue weighted by molar-refractivity contribution is 6.63. The summed E-state index contributed by atoms with van der Waals surface area (Å²) in [4.78, 5) is 12.8. The van der Waals surface area contributed by atoms with Gasteiger partial charge in [-0.1, -0.05) is 12.1 Å². The van der Waals surface area contributed by atoms with Gasteiger partial charge in [0.25, 0.3) is 5.92 Å². The molecule has 7 heteroatoms. The Kier molecular flexibility index (Phi) is 3.40. The lowest BCUT2D eigenvalue weighted by Gasteiger charge is -2.32. The topological polar surface area (TPSA) is 38.8 Å². The fourth-order valence-corrected chi connectivity index (χ4v) is 2.99. The summed E-state index contributed by atoms with van der Waals surface area (Å²) in [6, 6.07) is 4.77. The van der Waals surface area contributed by atoms with Crippen LogP contribution in [0, 0.1) is 0 Å². The van der Waals surface area contributed by atoms with E-state index in [-0.39, 0.29) is 16.7 Å². The second-order valence-corrected chi connectivity index (χ2v) is 7.14. The summed E-state index contributed by atoms with van der Waals surface area (Å²) < 4.78 is 40.9. The Morgan fingerprint density at radius 3 is 2.26 bits per heavy atom. The minimum Gasteiger partial charge on any atom is -0.399 e. The summed E-state index contributed by atoms with van der Waals surface area (Å²) in [7, 11) is -0.882. The summed E-state index contributed by atoms with van der Waals surface area (Å²) in [6.45, 7) is 8.12. The predicted octanol–water partition coefficient (Wildman–Crippen LogP) is 2.44. The highest BCUT2D eigenvalue weighted by Gasteiger charge is 2.55. The number of carbonyl (C=O) groups is 1. The monoisotopic (exact) mass is 323 g/mol. The van der Waals surface area contributed by atoms with Gasteiger partial charge < -0.3 is 14.2 Å². The van der Waals surface area contributed by atoms with Gasteiger partial charge in [-0.2, -0.15) is 8.78 Å². The van der Waals surface area contributed by atoms with E-state index in [1.807, 2.05) is 27.7 Å². The Labute approximate surface area is 134 Å². The first-order valence-corrected chi connectivity index (χ1v) is 7.61. The smallest absolute Gasteiger partial charge is 0.399 e. The van der Waals surface area contributed by atoms with Crippen LogP contribution in [-0.2, 0) is 20.0 Å². The maximum atomic E-state index is 14.5. The number of fused-ring (bicyclic) bond motifs is 1. The van der Waals surface area contributed by atoms with Crippen molar-refractivity contribution in [1.82, 2.24) is 0 Å². The zero-order valence-corrected chi connectivity index (χ0v) is 13.9. The molecule has 1 aromatic rings. The van der Waals surface area contributed by atoms with Gasteiger partial charge in [-0.3, -0.25) is 4.79 Å². The lowest BCUT2D eigenvalue weighted by atomic mass is 9.74. The number of halogens is 2. The van der Waals surface area contributed by atoms with Crippen LogP contribution in [0.3, 0.4) is 0 Å². The van der Waals surface area contributed by atoms with Crippen molar-refractivity contribution in [2.45, 2.75) is 51.7 Å². The Hall–Kier alpha value is -1.47. The standard InChI is InChI=1S/C16H20BF2NO3/c1-10(21)20-9-16(18,19)13-11(7-6-8-12(13)20)17-22-14(2,3)15(4,5)23-17/h6-8H,9H2,1-5H3. The molecule has 0 aromatic heterocycles. The van der Waals surface area contributed by atoms with Crippen molar-refractivity contribution >= 4 is 24.2 Å². The number of hydrogen-bond acceptors (Lipinski definition) is 3. The molecule has 0 bridgehead atoms. The third-order valence-electron chi connectivity index (χ3n) is 4.98. The summed E-state index contributed by atoms with van der Waals surface area (Å²) in [5.41, 5.74) is -0.887. The van der Waals surface area contributed by atoms with Crippen molar-refractivity contribution in [3.8, 4) is 0 Å². The molecule has 23 heavy (non-hydrogen) atoms. The van der Waals surface area contributed by atoms with Gasteiger partial charge in [0.15, 0.2) is 0 Å². The zero-order valence-electron chi connectivity index (χ0n) is 13.9. The normalized spacial score (nSPS) is 24.0. The molecule has 1 amide bonds. The molecular formula is C16H20BF2NO3. The molecule has 4 nitrogen and oxygen atoms in total. The molecule has 3 rings (SSSR count). The minimum absolute atomic E-state index is 0.172. The molecule has 0 N–H and O–H groups in total. The third-order valence-corrected chi connectivity index (χ3v) is 4.98. The van der Waals surface area contributed by atoms with E-state index >= 15 is 0 Å². The number of nitrogens with zero attached hydrogens (tertiary/aromatic N) is 1. The molecule has 2 heterocycles. The Morgan fingerprint density at radius 2 is 1.74 bits per heavy atom. The summed E-state index contributed by atoms with van der Waals surface area (Å²) in [5, 5.41) is 0. The number of rotatable bonds is 1. The zero-order chi connectivity index (χ0) is 17.2. The molecule has 1 aromatic carbocycles. The number of anilines is 1. The Balaban J connectivity index is 2.09. The lowest BCUT2D eigenvalue weighted by Crippen LogP contribution is -2.41. The molecule has 0 spiro atoms. The molecule has 0 unspecified atom stereocenters. The van der Waals surface area contributed by atoms with Crippen LogP contribution in [0.15, 0.2) is 18.2 Å². The number of carbonyl (C=O) groups excluding carboxylic acids is 1. The molecule has 0 aliphatic carbocycles. The number of benzene rings is 1. The highest BCUT2D eigenvalue weighted by Crippen LogP contribution is 2.44. The van der Waals surface area contributed by atoms with E-state index in [1.165, 1.54) is 13.0 Å². The van der Waals surface area contributed by atoms with E-state index < -0.39 is 36.7 Å². The van der Waals surface area contributed by atoms with Crippen molar-refractivity contribution < 1.29 is 22.9 Å². The van der Waals surface area contributed by atoms with Gasteiger partial charge in [-0.25, -0.2) is 0 Å². The van der Waals surface area contributed by atoms with Crippen LogP contribution in [0.2, 0.25) is 0 Å². The van der Waals surface area contributed by atoms with Crippen molar-refractivity contribution in [3.63, 3.8) is 0 Å². The largest absolute Gasteiger partial charge is 0.495 e. The summed E-state index contributed by atoms with van der Waals surface area (Å²) >= 11 is 0. The van der Waals surface area contributed by atoms with E-state index in [0.29, 0.717) is 0 Å². The van der Waals surface area contributed by atoms with Gasteiger partial charge in [-0.15, -0.1) is 0 Å². The first-order valence-electron chi connectivity index (χ1n) is 7.61. The van der Waals surface area contributed by atoms with E-state index in [1.54, 1.807) is 12.1 Å². The van der Waals surface area contributed by atoms with Gasteiger partial charge in [0, 0.05) is 12.5 Å². The number of alkyl halides is 2. The molecule has 1 saturated heterocycles. The molecule has 2 aliphatic rings. The van der Waals surface area contributed by atoms with E-state index in [4.69, 9.17) is 9.31 Å². The molecule has 0 atom stereocenters. The van der Waals surface area contributed by atoms with Crippen LogP contribution in [0.1, 0.15) is 40.2 Å². The lowest BCUT2D eigenvalue weighted by molar-refractivity contribution is -0.117. The predicted molar refractivity (Wildman–Crippen MR) is 84.1 cm³/mol. The highest BCUT2D eigenvalue weighted by atomic mass is 19.3. The fourth-order valence-electron chi connectivity index (χ4n) is 2.99. The van der Waals surface area contributed by atoms with Gasteiger partial charge >= 0.3 is 7.12 Å². The quantitative estimate of drug-likeness (QED) is 0.745. The summed E-state index contributed by atoms with van der Waals surface area (Å²) in [6.07, 6.45) is 0. The molecule has 124 valence electrons. The van der Waals surface area contributed by atoms with E-state index in [0.717, 1.165) is 4.90 Å². The first-order chi connectivity index (χ1) is 10.5. The van der Waals surface area contributed by atoms with Crippen molar-refractivity contribution in [1.29, 1.82) is 0 Å². The second-order valence-electron chi connectivity index (χ2n) is 7.14. The van der Waals surface area contributed by atoms with Gasteiger partial charge in [0.2, 0.25) is 5.91 Å². The van der Waals surface area contributed by atoms with Crippen LogP contribution in [-0.4, -0.2) is 30.8 Å². The van der Waals surface area contributed by atoms with Crippen molar-refractivity contribution in [2.75, 3.05) is 11.4 Å². The van der Waals surface area contributed by atoms with Crippen LogP contribution >= 0.6 is 0 Å². The maximum absolute atomic E-state index is 14.5. The van der Waals surface area contributed by atoms with Crippen molar-refractivity contribution in [3.05, 3.63) is 23.8 Å². The molecule has 1 fully saturated rings. The molecule has 0 saturated carbocycles. The van der Waals surface area contributed by atoms with Gasteiger partial charge in [0.05, 0.1) is 23.4 Å². The number of amides is 1. The average molecular weight is 323 g/mol. The van der Waals surface area contributed by atoms with E-state index in [2.05, 4.69) is 0 Å². The average Bonchev–Trinajstić information content (AvgIpc) is 2.81. The van der Waals surface area contributed by atoms with Crippen molar-refractivity contribution in [2.24, 2.45) is 0 Å². The fraction of sp³-hybridized carbons (Fsp3) is 0.562. The third kappa shape index (κ3) is 2.37. The van der Waals surface area contributed by atoms with Crippen LogP contribution in [0.5, 0.6) is 0 Å². The van der Waals surface area contributed by atoms with Crippen LogP contribution in [0.25, 0.3) is 0 Å². The maximum Gasteiger partial charge on any atom is 0.495 e. The molecular weight excluding hydrogens is 303 g/mol. The second kappa shape index (κ2) is 4.77.